The first-order valence-corrected chi connectivity index (χ1v) is 6.57. The lowest BCUT2D eigenvalue weighted by atomic mass is 10.2. The highest BCUT2D eigenvalue weighted by Crippen LogP contribution is 2.26. The smallest absolute Gasteiger partial charge is 0.225 e. The minimum Gasteiger partial charge on any atom is -0.338 e. The SMILES string of the molecule is Cc1ccnc(N(CCCN)C2CCCC2)n1. The first-order chi connectivity index (χ1) is 8.31. The highest BCUT2D eigenvalue weighted by Gasteiger charge is 2.24. The Morgan fingerprint density at radius 1 is 1.41 bits per heavy atom. The van der Waals surface area contributed by atoms with Crippen molar-refractivity contribution in [2.75, 3.05) is 18.0 Å². The summed E-state index contributed by atoms with van der Waals surface area (Å²) in [5, 5.41) is 0. The average Bonchev–Trinajstić information content (AvgIpc) is 2.83. The molecule has 1 saturated carbocycles. The van der Waals surface area contributed by atoms with E-state index in [4.69, 9.17) is 5.73 Å². The highest BCUT2D eigenvalue weighted by molar-refractivity contribution is 5.32. The van der Waals surface area contributed by atoms with Gasteiger partial charge in [-0.1, -0.05) is 12.8 Å². The fraction of sp³-hybridized carbons (Fsp3) is 0.692. The third-order valence-electron chi connectivity index (χ3n) is 3.41. The molecule has 1 aliphatic carbocycles. The number of rotatable bonds is 5. The molecular formula is C13H22N4. The Morgan fingerprint density at radius 2 is 2.18 bits per heavy atom. The van der Waals surface area contributed by atoms with E-state index in [-0.39, 0.29) is 0 Å². The van der Waals surface area contributed by atoms with Gasteiger partial charge in [0, 0.05) is 24.5 Å². The van der Waals surface area contributed by atoms with Crippen LogP contribution in [0.3, 0.4) is 0 Å². The molecule has 2 rings (SSSR count). The second-order valence-corrected chi connectivity index (χ2v) is 4.77. The zero-order chi connectivity index (χ0) is 12.1. The summed E-state index contributed by atoms with van der Waals surface area (Å²) >= 11 is 0. The van der Waals surface area contributed by atoms with Gasteiger partial charge in [0.2, 0.25) is 5.95 Å². The average molecular weight is 234 g/mol. The molecule has 1 aromatic heterocycles. The van der Waals surface area contributed by atoms with E-state index in [1.54, 1.807) is 0 Å². The fourth-order valence-electron chi connectivity index (χ4n) is 2.50. The topological polar surface area (TPSA) is 55.0 Å². The Labute approximate surface area is 103 Å². The van der Waals surface area contributed by atoms with Crippen LogP contribution in [0, 0.1) is 6.92 Å². The van der Waals surface area contributed by atoms with Crippen LogP contribution in [0.4, 0.5) is 5.95 Å². The number of nitrogens with two attached hydrogens (primary N) is 1. The van der Waals surface area contributed by atoms with Crippen LogP contribution in [0.25, 0.3) is 0 Å². The zero-order valence-corrected chi connectivity index (χ0v) is 10.6. The summed E-state index contributed by atoms with van der Waals surface area (Å²) < 4.78 is 0. The van der Waals surface area contributed by atoms with Crippen LogP contribution in [0.2, 0.25) is 0 Å². The van der Waals surface area contributed by atoms with Gasteiger partial charge in [-0.25, -0.2) is 9.97 Å². The lowest BCUT2D eigenvalue weighted by molar-refractivity contribution is 0.579. The second-order valence-electron chi connectivity index (χ2n) is 4.77. The van der Waals surface area contributed by atoms with Gasteiger partial charge in [-0.05, 0) is 38.8 Å². The van der Waals surface area contributed by atoms with Crippen molar-refractivity contribution in [3.8, 4) is 0 Å². The number of aryl methyl sites for hydroxylation is 1. The summed E-state index contributed by atoms with van der Waals surface area (Å²) in [7, 11) is 0. The Balaban J connectivity index is 2.13. The van der Waals surface area contributed by atoms with Crippen LogP contribution in [0.15, 0.2) is 12.3 Å². The van der Waals surface area contributed by atoms with E-state index in [0.29, 0.717) is 6.04 Å². The first-order valence-electron chi connectivity index (χ1n) is 6.57. The molecule has 1 heterocycles. The monoisotopic (exact) mass is 234 g/mol. The van der Waals surface area contributed by atoms with E-state index in [1.165, 1.54) is 25.7 Å². The maximum Gasteiger partial charge on any atom is 0.225 e. The van der Waals surface area contributed by atoms with Gasteiger partial charge in [-0.3, -0.25) is 0 Å². The normalized spacial score (nSPS) is 16.4. The van der Waals surface area contributed by atoms with Crippen molar-refractivity contribution < 1.29 is 0 Å². The van der Waals surface area contributed by atoms with Gasteiger partial charge in [-0.15, -0.1) is 0 Å². The summed E-state index contributed by atoms with van der Waals surface area (Å²) in [6, 6.07) is 2.56. The maximum atomic E-state index is 5.62. The molecule has 0 saturated heterocycles. The van der Waals surface area contributed by atoms with Crippen molar-refractivity contribution in [2.24, 2.45) is 5.73 Å². The van der Waals surface area contributed by atoms with E-state index >= 15 is 0 Å². The van der Waals surface area contributed by atoms with Crippen molar-refractivity contribution in [1.82, 2.24) is 9.97 Å². The summed E-state index contributed by atoms with van der Waals surface area (Å²) in [6.07, 6.45) is 8.05. The molecule has 0 aromatic carbocycles. The minimum atomic E-state index is 0.614. The molecule has 0 atom stereocenters. The van der Waals surface area contributed by atoms with E-state index < -0.39 is 0 Å². The van der Waals surface area contributed by atoms with Crippen molar-refractivity contribution in [1.29, 1.82) is 0 Å². The van der Waals surface area contributed by atoms with Crippen molar-refractivity contribution in [2.45, 2.75) is 45.1 Å². The Morgan fingerprint density at radius 3 is 2.82 bits per heavy atom. The largest absolute Gasteiger partial charge is 0.338 e. The van der Waals surface area contributed by atoms with Crippen LogP contribution >= 0.6 is 0 Å². The van der Waals surface area contributed by atoms with Crippen LogP contribution in [-0.4, -0.2) is 29.1 Å². The van der Waals surface area contributed by atoms with Gasteiger partial charge in [-0.2, -0.15) is 0 Å². The molecule has 4 nitrogen and oxygen atoms in total. The molecule has 0 amide bonds. The summed E-state index contributed by atoms with van der Waals surface area (Å²) in [5.74, 6) is 0.880. The fourth-order valence-corrected chi connectivity index (χ4v) is 2.50. The van der Waals surface area contributed by atoms with Crippen LogP contribution < -0.4 is 10.6 Å². The highest BCUT2D eigenvalue weighted by atomic mass is 15.3. The van der Waals surface area contributed by atoms with Gasteiger partial charge >= 0.3 is 0 Å². The predicted molar refractivity (Wildman–Crippen MR) is 70.0 cm³/mol. The standard InChI is InChI=1S/C13H22N4/c1-11-7-9-15-13(16-11)17(10-4-8-14)12-5-2-3-6-12/h7,9,12H,2-6,8,10,14H2,1H3. The third-order valence-corrected chi connectivity index (χ3v) is 3.41. The number of hydrogen-bond donors (Lipinski definition) is 1. The molecule has 0 radical (unpaired) electrons. The number of aromatic nitrogens is 2. The van der Waals surface area contributed by atoms with E-state index in [0.717, 1.165) is 31.2 Å². The third kappa shape index (κ3) is 3.16. The Bertz CT molecular complexity index is 347. The molecule has 1 aromatic rings. The molecule has 1 aliphatic rings. The molecule has 1 fully saturated rings. The van der Waals surface area contributed by atoms with Gasteiger partial charge in [0.25, 0.3) is 0 Å². The lowest BCUT2D eigenvalue weighted by Crippen LogP contribution is -2.36. The molecule has 0 spiro atoms. The molecule has 0 aliphatic heterocycles. The van der Waals surface area contributed by atoms with E-state index in [1.807, 2.05) is 19.2 Å². The van der Waals surface area contributed by atoms with Crippen molar-refractivity contribution in [3.05, 3.63) is 18.0 Å². The van der Waals surface area contributed by atoms with E-state index in [2.05, 4.69) is 14.9 Å². The van der Waals surface area contributed by atoms with Gasteiger partial charge < -0.3 is 10.6 Å². The quantitative estimate of drug-likeness (QED) is 0.845. The van der Waals surface area contributed by atoms with Crippen molar-refractivity contribution in [3.63, 3.8) is 0 Å². The summed E-state index contributed by atoms with van der Waals surface area (Å²) in [5.41, 5.74) is 6.65. The van der Waals surface area contributed by atoms with Gasteiger partial charge in [0.1, 0.15) is 0 Å². The van der Waals surface area contributed by atoms with Gasteiger partial charge in [0.05, 0.1) is 0 Å². The Hall–Kier alpha value is -1.16. The zero-order valence-electron chi connectivity index (χ0n) is 10.6. The predicted octanol–water partition coefficient (Wildman–Crippen LogP) is 1.88. The van der Waals surface area contributed by atoms with E-state index in [9.17, 15) is 0 Å². The maximum absolute atomic E-state index is 5.62. The minimum absolute atomic E-state index is 0.614. The lowest BCUT2D eigenvalue weighted by Gasteiger charge is -2.29. The second kappa shape index (κ2) is 5.96. The van der Waals surface area contributed by atoms with Crippen molar-refractivity contribution >= 4 is 5.95 Å². The number of hydrogen-bond acceptors (Lipinski definition) is 4. The molecule has 2 N–H and O–H groups in total. The number of anilines is 1. The Kier molecular flexibility index (Phi) is 4.31. The van der Waals surface area contributed by atoms with Crippen LogP contribution in [-0.2, 0) is 0 Å². The molecule has 17 heavy (non-hydrogen) atoms. The molecular weight excluding hydrogens is 212 g/mol. The first kappa shape index (κ1) is 12.3. The van der Waals surface area contributed by atoms with Crippen LogP contribution in [0.1, 0.15) is 37.8 Å². The van der Waals surface area contributed by atoms with Crippen LogP contribution in [0.5, 0.6) is 0 Å². The molecule has 4 heteroatoms. The molecule has 94 valence electrons. The van der Waals surface area contributed by atoms with Gasteiger partial charge in [0.15, 0.2) is 0 Å². The molecule has 0 bridgehead atoms. The molecule has 0 unspecified atom stereocenters. The summed E-state index contributed by atoms with van der Waals surface area (Å²) in [6.45, 7) is 3.72. The number of nitrogens with zero attached hydrogens (tertiary/aromatic N) is 3. The summed E-state index contributed by atoms with van der Waals surface area (Å²) in [4.78, 5) is 11.3.